The van der Waals surface area contributed by atoms with Crippen LogP contribution in [0.2, 0.25) is 5.02 Å². The first kappa shape index (κ1) is 26.3. The zero-order valence-corrected chi connectivity index (χ0v) is 21.5. The van der Waals surface area contributed by atoms with Crippen molar-refractivity contribution in [3.63, 3.8) is 0 Å². The maximum atomic E-state index is 13.4. The van der Waals surface area contributed by atoms with Crippen LogP contribution < -0.4 is 9.47 Å². The van der Waals surface area contributed by atoms with Gasteiger partial charge >= 0.3 is 0 Å². The van der Waals surface area contributed by atoms with E-state index in [4.69, 9.17) is 21.1 Å². The Labute approximate surface area is 215 Å². The van der Waals surface area contributed by atoms with E-state index in [1.54, 1.807) is 60.8 Å². The molecule has 0 saturated carbocycles. The summed E-state index contributed by atoms with van der Waals surface area (Å²) in [6, 6.07) is 16.4. The van der Waals surface area contributed by atoms with E-state index in [2.05, 4.69) is 6.58 Å². The van der Waals surface area contributed by atoms with Crippen molar-refractivity contribution < 1.29 is 19.1 Å². The molecule has 0 spiro atoms. The molecule has 3 rings (SSSR count). The standard InChI is InChI=1S/C27H29ClN2O4S/c1-4-13-30(27(32)21-7-5-8-22(28)17-21)19-26(31)29(18-23-9-6-15-35-23)14-12-20-10-11-24(33-2)25(16-20)34-3/h4-11,15-17H,1,12-14,18-19H2,2-3H3. The monoisotopic (exact) mass is 512 g/mol. The molecule has 0 fully saturated rings. The van der Waals surface area contributed by atoms with Gasteiger partial charge in [-0.15, -0.1) is 17.9 Å². The molecule has 0 atom stereocenters. The second-order valence-electron chi connectivity index (χ2n) is 7.82. The second-order valence-corrected chi connectivity index (χ2v) is 9.29. The number of rotatable bonds is 12. The third-order valence-electron chi connectivity index (χ3n) is 5.43. The first-order chi connectivity index (χ1) is 16.9. The van der Waals surface area contributed by atoms with Crippen LogP contribution in [0.5, 0.6) is 11.5 Å². The minimum absolute atomic E-state index is 0.0608. The number of benzene rings is 2. The summed E-state index contributed by atoms with van der Waals surface area (Å²) in [7, 11) is 3.19. The zero-order valence-electron chi connectivity index (χ0n) is 19.9. The van der Waals surface area contributed by atoms with Crippen LogP contribution in [-0.4, -0.2) is 55.5 Å². The summed E-state index contributed by atoms with van der Waals surface area (Å²) in [5.74, 6) is 0.889. The molecular formula is C27H29ClN2O4S. The van der Waals surface area contributed by atoms with E-state index < -0.39 is 0 Å². The molecule has 0 N–H and O–H groups in total. The van der Waals surface area contributed by atoms with E-state index in [-0.39, 0.29) is 24.9 Å². The molecule has 0 aliphatic heterocycles. The summed E-state index contributed by atoms with van der Waals surface area (Å²) >= 11 is 7.66. The molecule has 8 heteroatoms. The summed E-state index contributed by atoms with van der Waals surface area (Å²) in [6.07, 6.45) is 2.24. The van der Waals surface area contributed by atoms with E-state index in [1.165, 1.54) is 4.90 Å². The minimum atomic E-state index is -0.267. The van der Waals surface area contributed by atoms with Gasteiger partial charge in [0.2, 0.25) is 5.91 Å². The number of carbonyl (C=O) groups is 2. The van der Waals surface area contributed by atoms with Crippen LogP contribution in [0.1, 0.15) is 20.8 Å². The highest BCUT2D eigenvalue weighted by molar-refractivity contribution is 7.09. The van der Waals surface area contributed by atoms with Crippen LogP contribution in [0.25, 0.3) is 0 Å². The number of hydrogen-bond acceptors (Lipinski definition) is 5. The Morgan fingerprint density at radius 3 is 2.49 bits per heavy atom. The van der Waals surface area contributed by atoms with E-state index >= 15 is 0 Å². The van der Waals surface area contributed by atoms with Crippen molar-refractivity contribution in [1.82, 2.24) is 9.80 Å². The topological polar surface area (TPSA) is 59.1 Å². The van der Waals surface area contributed by atoms with E-state index in [9.17, 15) is 9.59 Å². The fourth-order valence-electron chi connectivity index (χ4n) is 3.63. The second kappa shape index (κ2) is 13.0. The van der Waals surface area contributed by atoms with Crippen molar-refractivity contribution in [2.45, 2.75) is 13.0 Å². The van der Waals surface area contributed by atoms with Crippen LogP contribution in [0.15, 0.2) is 72.6 Å². The molecule has 0 saturated heterocycles. The first-order valence-corrected chi connectivity index (χ1v) is 12.4. The maximum Gasteiger partial charge on any atom is 0.254 e. The van der Waals surface area contributed by atoms with Gasteiger partial charge in [-0.25, -0.2) is 0 Å². The van der Waals surface area contributed by atoms with Crippen molar-refractivity contribution in [1.29, 1.82) is 0 Å². The third-order valence-corrected chi connectivity index (χ3v) is 6.53. The van der Waals surface area contributed by atoms with Crippen molar-refractivity contribution in [3.8, 4) is 11.5 Å². The zero-order chi connectivity index (χ0) is 25.2. The Morgan fingerprint density at radius 2 is 1.83 bits per heavy atom. The largest absolute Gasteiger partial charge is 0.493 e. The molecule has 0 bridgehead atoms. The number of ether oxygens (including phenoxy) is 2. The lowest BCUT2D eigenvalue weighted by Crippen LogP contribution is -2.43. The van der Waals surface area contributed by atoms with Gasteiger partial charge in [0.05, 0.1) is 20.8 Å². The Balaban J connectivity index is 1.76. The molecule has 1 heterocycles. The average Bonchev–Trinajstić information content (AvgIpc) is 3.38. The molecule has 2 amide bonds. The fraction of sp³-hybridized carbons (Fsp3) is 0.259. The Kier molecular flexibility index (Phi) is 9.76. The smallest absolute Gasteiger partial charge is 0.254 e. The Hall–Kier alpha value is -3.29. The van der Waals surface area contributed by atoms with Crippen LogP contribution in [0.4, 0.5) is 0 Å². The van der Waals surface area contributed by atoms with Gasteiger partial charge in [0, 0.05) is 28.6 Å². The lowest BCUT2D eigenvalue weighted by molar-refractivity contribution is -0.132. The van der Waals surface area contributed by atoms with Gasteiger partial charge in [0.25, 0.3) is 5.91 Å². The number of carbonyl (C=O) groups excluding carboxylic acids is 2. The SMILES string of the molecule is C=CCN(CC(=O)N(CCc1ccc(OC)c(OC)c1)Cc1cccs1)C(=O)c1cccc(Cl)c1. The first-order valence-electron chi connectivity index (χ1n) is 11.1. The highest BCUT2D eigenvalue weighted by atomic mass is 35.5. The number of amides is 2. The number of hydrogen-bond donors (Lipinski definition) is 0. The normalized spacial score (nSPS) is 10.5. The number of thiophene rings is 1. The van der Waals surface area contributed by atoms with Gasteiger partial charge in [-0.1, -0.05) is 35.9 Å². The fourth-order valence-corrected chi connectivity index (χ4v) is 4.53. The van der Waals surface area contributed by atoms with Gasteiger partial charge in [-0.3, -0.25) is 9.59 Å². The molecule has 6 nitrogen and oxygen atoms in total. The molecule has 0 aliphatic carbocycles. The highest BCUT2D eigenvalue weighted by Crippen LogP contribution is 2.28. The van der Waals surface area contributed by atoms with Crippen LogP contribution in [-0.2, 0) is 17.8 Å². The van der Waals surface area contributed by atoms with Crippen LogP contribution in [0.3, 0.4) is 0 Å². The predicted molar refractivity (Wildman–Crippen MR) is 141 cm³/mol. The summed E-state index contributed by atoms with van der Waals surface area (Å²) in [5.41, 5.74) is 1.45. The molecule has 184 valence electrons. The van der Waals surface area contributed by atoms with Gasteiger partial charge < -0.3 is 19.3 Å². The predicted octanol–water partition coefficient (Wildman–Crippen LogP) is 5.32. The summed E-state index contributed by atoms with van der Waals surface area (Å²) < 4.78 is 10.7. The van der Waals surface area contributed by atoms with Crippen LogP contribution >= 0.6 is 22.9 Å². The highest BCUT2D eigenvalue weighted by Gasteiger charge is 2.22. The quantitative estimate of drug-likeness (QED) is 0.308. The summed E-state index contributed by atoms with van der Waals surface area (Å²) in [5, 5.41) is 2.45. The summed E-state index contributed by atoms with van der Waals surface area (Å²) in [4.78, 5) is 30.9. The maximum absolute atomic E-state index is 13.4. The number of nitrogens with zero attached hydrogens (tertiary/aromatic N) is 2. The Bertz CT molecular complexity index is 1150. The molecule has 0 radical (unpaired) electrons. The number of methoxy groups -OCH3 is 2. The molecule has 2 aromatic carbocycles. The molecule has 35 heavy (non-hydrogen) atoms. The van der Waals surface area contributed by atoms with E-state index in [1.807, 2.05) is 35.7 Å². The lowest BCUT2D eigenvalue weighted by atomic mass is 10.1. The van der Waals surface area contributed by atoms with E-state index in [0.29, 0.717) is 41.6 Å². The van der Waals surface area contributed by atoms with Crippen LogP contribution in [0, 0.1) is 0 Å². The van der Waals surface area contributed by atoms with E-state index in [0.717, 1.165) is 10.4 Å². The van der Waals surface area contributed by atoms with Crippen molar-refractivity contribution in [3.05, 3.63) is 93.7 Å². The van der Waals surface area contributed by atoms with Gasteiger partial charge in [0.1, 0.15) is 6.54 Å². The van der Waals surface area contributed by atoms with Crippen molar-refractivity contribution in [2.24, 2.45) is 0 Å². The molecule has 0 aliphatic rings. The third kappa shape index (κ3) is 7.34. The van der Waals surface area contributed by atoms with Gasteiger partial charge in [0.15, 0.2) is 11.5 Å². The average molecular weight is 513 g/mol. The molecule has 0 unspecified atom stereocenters. The van der Waals surface area contributed by atoms with Crippen molar-refractivity contribution in [2.75, 3.05) is 33.9 Å². The van der Waals surface area contributed by atoms with Crippen molar-refractivity contribution >= 4 is 34.8 Å². The Morgan fingerprint density at radius 1 is 1.03 bits per heavy atom. The lowest BCUT2D eigenvalue weighted by Gasteiger charge is -2.27. The number of halogens is 1. The molecule has 1 aromatic heterocycles. The van der Waals surface area contributed by atoms with Gasteiger partial charge in [-0.05, 0) is 53.8 Å². The summed E-state index contributed by atoms with van der Waals surface area (Å²) in [6.45, 7) is 4.89. The molecular weight excluding hydrogens is 484 g/mol. The minimum Gasteiger partial charge on any atom is -0.493 e. The molecule has 3 aromatic rings. The van der Waals surface area contributed by atoms with Gasteiger partial charge in [-0.2, -0.15) is 0 Å².